The third-order valence-corrected chi connectivity index (χ3v) is 5.11. The highest BCUT2D eigenvalue weighted by molar-refractivity contribution is 7.10. The monoisotopic (exact) mass is 342 g/mol. The quantitative estimate of drug-likeness (QED) is 0.926. The fourth-order valence-corrected chi connectivity index (χ4v) is 3.48. The van der Waals surface area contributed by atoms with E-state index in [4.69, 9.17) is 27.9 Å². The molecule has 0 spiro atoms. The number of carbonyl (C=O) groups excluding carboxylic acids is 1. The van der Waals surface area contributed by atoms with Crippen LogP contribution in [0.1, 0.15) is 22.8 Å². The molecule has 1 N–H and O–H groups in total. The van der Waals surface area contributed by atoms with Crippen LogP contribution in [-0.4, -0.2) is 17.5 Å². The van der Waals surface area contributed by atoms with Crippen LogP contribution in [0.25, 0.3) is 0 Å². The van der Waals surface area contributed by atoms with Crippen LogP contribution < -0.4 is 10.1 Å². The van der Waals surface area contributed by atoms with Crippen molar-refractivity contribution in [3.63, 3.8) is 0 Å². The number of hydrogen-bond acceptors (Lipinski definition) is 4. The van der Waals surface area contributed by atoms with Crippen molar-refractivity contribution in [2.24, 2.45) is 0 Å². The number of rotatable bonds is 3. The van der Waals surface area contributed by atoms with E-state index in [-0.39, 0.29) is 11.8 Å². The maximum Gasteiger partial charge on any atom is 0.228 e. The molecule has 1 aromatic heterocycles. The zero-order valence-corrected chi connectivity index (χ0v) is 13.3. The predicted molar refractivity (Wildman–Crippen MR) is 83.3 cm³/mol. The molecule has 2 heterocycles. The third-order valence-electron chi connectivity index (χ3n) is 3.32. The molecule has 1 aromatic carbocycles. The van der Waals surface area contributed by atoms with Crippen molar-refractivity contribution in [1.29, 1.82) is 0 Å². The van der Waals surface area contributed by atoms with E-state index in [2.05, 4.69) is 10.3 Å². The molecule has 21 heavy (non-hydrogen) atoms. The molecule has 0 radical (unpaired) electrons. The number of benzene rings is 1. The van der Waals surface area contributed by atoms with Gasteiger partial charge in [-0.1, -0.05) is 35.3 Å². The number of ether oxygens (including phenoxy) is 1. The summed E-state index contributed by atoms with van der Waals surface area (Å²) in [7, 11) is 0. The Morgan fingerprint density at radius 1 is 1.48 bits per heavy atom. The van der Waals surface area contributed by atoms with Gasteiger partial charge in [0.05, 0.1) is 33.0 Å². The molecular formula is C14H12Cl2N2O2S. The lowest BCUT2D eigenvalue weighted by molar-refractivity contribution is -0.123. The van der Waals surface area contributed by atoms with Crippen LogP contribution in [0.5, 0.6) is 5.88 Å². The van der Waals surface area contributed by atoms with E-state index in [1.807, 2.05) is 12.1 Å². The molecule has 2 aromatic rings. The smallest absolute Gasteiger partial charge is 0.228 e. The Labute approximate surface area is 136 Å². The van der Waals surface area contributed by atoms with E-state index < -0.39 is 0 Å². The minimum Gasteiger partial charge on any atom is -0.477 e. The summed E-state index contributed by atoms with van der Waals surface area (Å²) in [5.41, 5.74) is 2.50. The number of carbonyl (C=O) groups is 1. The molecule has 0 fully saturated rings. The lowest BCUT2D eigenvalue weighted by Gasteiger charge is -2.21. The van der Waals surface area contributed by atoms with Crippen LogP contribution in [0.4, 0.5) is 0 Å². The minimum atomic E-state index is -0.209. The van der Waals surface area contributed by atoms with E-state index in [1.165, 1.54) is 11.3 Å². The minimum absolute atomic E-state index is 0.0418. The standard InChI is InChI=1S/C14H12Cl2N2O2S/c15-10-3-1-2-8(11(10)16)6-17-13(19)9-4-5-20-14-12(9)21-7-18-14/h1-3,7,9H,4-6H2,(H,17,19). The summed E-state index contributed by atoms with van der Waals surface area (Å²) in [6, 6.07) is 5.37. The summed E-state index contributed by atoms with van der Waals surface area (Å²) < 4.78 is 5.42. The van der Waals surface area contributed by atoms with Crippen LogP contribution in [-0.2, 0) is 11.3 Å². The number of nitrogens with zero attached hydrogens (tertiary/aromatic N) is 1. The summed E-state index contributed by atoms with van der Waals surface area (Å²) in [4.78, 5) is 17.4. The Balaban J connectivity index is 1.70. The third kappa shape index (κ3) is 3.00. The molecule has 7 heteroatoms. The molecule has 4 nitrogen and oxygen atoms in total. The number of halogens is 2. The van der Waals surface area contributed by atoms with Gasteiger partial charge in [0.25, 0.3) is 0 Å². The van der Waals surface area contributed by atoms with Crippen LogP contribution in [0.2, 0.25) is 10.0 Å². The van der Waals surface area contributed by atoms with Gasteiger partial charge in [-0.05, 0) is 18.1 Å². The number of aromatic nitrogens is 1. The van der Waals surface area contributed by atoms with Crippen LogP contribution in [0, 0.1) is 0 Å². The topological polar surface area (TPSA) is 51.2 Å². The Bertz CT molecular complexity index is 675. The van der Waals surface area contributed by atoms with Crippen LogP contribution in [0.15, 0.2) is 23.7 Å². The zero-order chi connectivity index (χ0) is 14.8. The molecule has 1 unspecified atom stereocenters. The summed E-state index contributed by atoms with van der Waals surface area (Å²) >= 11 is 13.5. The molecule has 0 bridgehead atoms. The Hall–Kier alpha value is -1.30. The van der Waals surface area contributed by atoms with Crippen molar-refractivity contribution < 1.29 is 9.53 Å². The average molecular weight is 343 g/mol. The lowest BCUT2D eigenvalue weighted by Crippen LogP contribution is -2.31. The highest BCUT2D eigenvalue weighted by Gasteiger charge is 2.29. The van der Waals surface area contributed by atoms with Crippen molar-refractivity contribution in [3.05, 3.63) is 44.2 Å². The number of thiazole rings is 1. The summed E-state index contributed by atoms with van der Waals surface area (Å²) in [6.07, 6.45) is 0.657. The van der Waals surface area contributed by atoms with Crippen molar-refractivity contribution >= 4 is 40.4 Å². The van der Waals surface area contributed by atoms with Crippen molar-refractivity contribution in [2.45, 2.75) is 18.9 Å². The Morgan fingerprint density at radius 3 is 3.19 bits per heavy atom. The van der Waals surface area contributed by atoms with Gasteiger partial charge in [-0.2, -0.15) is 0 Å². The van der Waals surface area contributed by atoms with E-state index in [0.717, 1.165) is 10.4 Å². The van der Waals surface area contributed by atoms with Crippen LogP contribution >= 0.6 is 34.5 Å². The first-order valence-electron chi connectivity index (χ1n) is 6.43. The van der Waals surface area contributed by atoms with Gasteiger partial charge in [-0.15, -0.1) is 11.3 Å². The van der Waals surface area contributed by atoms with Gasteiger partial charge >= 0.3 is 0 Å². The maximum absolute atomic E-state index is 12.4. The first kappa shape index (κ1) is 14.6. The SMILES string of the molecule is O=C(NCc1cccc(Cl)c1Cl)C1CCOc2ncsc21. The second-order valence-corrected chi connectivity index (χ2v) is 6.31. The van der Waals surface area contributed by atoms with Crippen molar-refractivity contribution in [2.75, 3.05) is 6.61 Å². The van der Waals surface area contributed by atoms with Gasteiger partial charge in [-0.3, -0.25) is 4.79 Å². The second kappa shape index (κ2) is 6.22. The highest BCUT2D eigenvalue weighted by Crippen LogP contribution is 2.36. The zero-order valence-electron chi connectivity index (χ0n) is 10.9. The summed E-state index contributed by atoms with van der Waals surface area (Å²) in [6.45, 7) is 0.858. The molecule has 1 aliphatic heterocycles. The van der Waals surface area contributed by atoms with Crippen LogP contribution in [0.3, 0.4) is 0 Å². The van der Waals surface area contributed by atoms with E-state index in [0.29, 0.717) is 35.5 Å². The molecule has 0 saturated heterocycles. The fraction of sp³-hybridized carbons (Fsp3) is 0.286. The summed E-state index contributed by atoms with van der Waals surface area (Å²) in [5.74, 6) is 0.325. The molecular weight excluding hydrogens is 331 g/mol. The van der Waals surface area contributed by atoms with Crippen molar-refractivity contribution in [3.8, 4) is 5.88 Å². The molecule has 0 aliphatic carbocycles. The first-order chi connectivity index (χ1) is 10.2. The van der Waals surface area contributed by atoms with E-state index >= 15 is 0 Å². The molecule has 110 valence electrons. The fourth-order valence-electron chi connectivity index (χ4n) is 2.23. The second-order valence-electron chi connectivity index (χ2n) is 4.64. The number of fused-ring (bicyclic) bond motifs is 1. The normalized spacial score (nSPS) is 17.0. The maximum atomic E-state index is 12.4. The number of hydrogen-bond donors (Lipinski definition) is 1. The molecule has 1 amide bonds. The average Bonchev–Trinajstić information content (AvgIpc) is 2.96. The first-order valence-corrected chi connectivity index (χ1v) is 8.07. The van der Waals surface area contributed by atoms with Gasteiger partial charge in [0, 0.05) is 6.54 Å². The highest BCUT2D eigenvalue weighted by atomic mass is 35.5. The largest absolute Gasteiger partial charge is 0.477 e. The molecule has 1 atom stereocenters. The van der Waals surface area contributed by atoms with Gasteiger partial charge in [0.1, 0.15) is 0 Å². The molecule has 0 saturated carbocycles. The number of amides is 1. The lowest BCUT2D eigenvalue weighted by atomic mass is 10.0. The van der Waals surface area contributed by atoms with E-state index in [1.54, 1.807) is 11.6 Å². The van der Waals surface area contributed by atoms with Gasteiger partial charge in [0.2, 0.25) is 11.8 Å². The predicted octanol–water partition coefficient (Wildman–Crippen LogP) is 3.63. The molecule has 1 aliphatic rings. The number of nitrogens with one attached hydrogen (secondary N) is 1. The van der Waals surface area contributed by atoms with Gasteiger partial charge < -0.3 is 10.1 Å². The van der Waals surface area contributed by atoms with E-state index in [9.17, 15) is 4.79 Å². The van der Waals surface area contributed by atoms with Gasteiger partial charge in [-0.25, -0.2) is 4.98 Å². The molecule has 3 rings (SSSR count). The summed E-state index contributed by atoms with van der Waals surface area (Å²) in [5, 5.41) is 3.87. The Morgan fingerprint density at radius 2 is 2.33 bits per heavy atom. The van der Waals surface area contributed by atoms with Gasteiger partial charge in [0.15, 0.2) is 0 Å². The Kier molecular flexibility index (Phi) is 4.33. The van der Waals surface area contributed by atoms with Crippen molar-refractivity contribution in [1.82, 2.24) is 10.3 Å².